The highest BCUT2D eigenvalue weighted by Gasteiger charge is 2.29. The zero-order valence-corrected chi connectivity index (χ0v) is 20.4. The van der Waals surface area contributed by atoms with Crippen molar-refractivity contribution in [3.8, 4) is 28.8 Å². The Bertz CT molecular complexity index is 1310. The number of benzene rings is 1. The molecule has 0 spiro atoms. The Kier molecular flexibility index (Phi) is 7.13. The van der Waals surface area contributed by atoms with Gasteiger partial charge in [-0.3, -0.25) is 9.20 Å². The van der Waals surface area contributed by atoms with Gasteiger partial charge in [-0.05, 0) is 56.5 Å². The lowest BCUT2D eigenvalue weighted by Crippen LogP contribution is -2.49. The van der Waals surface area contributed by atoms with E-state index in [9.17, 15) is 18.8 Å². The van der Waals surface area contributed by atoms with Crippen molar-refractivity contribution in [2.24, 2.45) is 5.73 Å². The van der Waals surface area contributed by atoms with Crippen LogP contribution in [0.5, 0.6) is 11.5 Å². The highest BCUT2D eigenvalue weighted by Crippen LogP contribution is 2.37. The van der Waals surface area contributed by atoms with Crippen molar-refractivity contribution >= 4 is 11.6 Å². The van der Waals surface area contributed by atoms with Crippen LogP contribution in [0.4, 0.5) is 8.78 Å². The van der Waals surface area contributed by atoms with E-state index in [4.69, 9.17) is 15.2 Å². The van der Waals surface area contributed by atoms with Crippen LogP contribution in [0.2, 0.25) is 0 Å². The highest BCUT2D eigenvalue weighted by molar-refractivity contribution is 6.01. The molecule has 1 saturated carbocycles. The molecule has 36 heavy (non-hydrogen) atoms. The van der Waals surface area contributed by atoms with Gasteiger partial charge < -0.3 is 20.5 Å². The van der Waals surface area contributed by atoms with Crippen LogP contribution in [0.15, 0.2) is 36.7 Å². The summed E-state index contributed by atoms with van der Waals surface area (Å²) in [4.78, 5) is 17.6. The minimum Gasteiger partial charge on any atom is -0.496 e. The van der Waals surface area contributed by atoms with Gasteiger partial charge in [-0.15, -0.1) is 0 Å². The molecule has 1 aliphatic rings. The van der Waals surface area contributed by atoms with E-state index in [-0.39, 0.29) is 29.1 Å². The Morgan fingerprint density at radius 2 is 2.00 bits per heavy atom. The van der Waals surface area contributed by atoms with Crippen LogP contribution >= 0.6 is 0 Å². The number of halogens is 2. The van der Waals surface area contributed by atoms with Gasteiger partial charge in [-0.1, -0.05) is 12.8 Å². The summed E-state index contributed by atoms with van der Waals surface area (Å²) in [5, 5.41) is 12.3. The lowest BCUT2D eigenvalue weighted by molar-refractivity contribution is -0.0502. The quantitative estimate of drug-likeness (QED) is 0.500. The fourth-order valence-corrected chi connectivity index (χ4v) is 4.54. The molecule has 1 aliphatic carbocycles. The number of nitrogens with one attached hydrogen (secondary N) is 1. The second-order valence-electron chi connectivity index (χ2n) is 9.48. The van der Waals surface area contributed by atoms with E-state index in [0.717, 1.165) is 24.8 Å². The molecular formula is C26H29F2N5O3. The molecule has 0 radical (unpaired) electrons. The van der Waals surface area contributed by atoms with E-state index in [2.05, 4.69) is 16.4 Å². The maximum atomic E-state index is 13.4. The molecule has 0 bridgehead atoms. The smallest absolute Gasteiger partial charge is 0.387 e. The average Bonchev–Trinajstić information content (AvgIpc) is 3.28. The Balaban J connectivity index is 1.77. The molecule has 1 amide bonds. The number of nitrogens with two attached hydrogens (primary N) is 1. The Hall–Kier alpha value is -3.71. The molecule has 8 nitrogen and oxygen atoms in total. The zero-order valence-electron chi connectivity index (χ0n) is 20.4. The Labute approximate surface area is 208 Å². The number of fused-ring (bicyclic) bond motifs is 1. The molecular weight excluding hydrogens is 468 g/mol. The number of aromatic nitrogens is 2. The van der Waals surface area contributed by atoms with Crippen LogP contribution in [-0.4, -0.2) is 41.1 Å². The number of methoxy groups -OCH3 is 1. The topological polar surface area (TPSA) is 115 Å². The van der Waals surface area contributed by atoms with E-state index in [1.165, 1.54) is 13.2 Å². The summed E-state index contributed by atoms with van der Waals surface area (Å²) in [6.45, 7) is 0.475. The predicted molar refractivity (Wildman–Crippen MR) is 130 cm³/mol. The number of alkyl halides is 2. The van der Waals surface area contributed by atoms with Crippen LogP contribution in [0.3, 0.4) is 0 Å². The number of hydrogen-bond acceptors (Lipinski definition) is 6. The maximum Gasteiger partial charge on any atom is 0.387 e. The summed E-state index contributed by atoms with van der Waals surface area (Å²) in [7, 11) is 1.36. The van der Waals surface area contributed by atoms with Crippen molar-refractivity contribution in [3.63, 3.8) is 0 Å². The maximum absolute atomic E-state index is 13.4. The number of ether oxygens (including phenoxy) is 2. The second kappa shape index (κ2) is 10.1. The SMILES string of the molecule is COc1cc(-c2cnc3cc(C(C)(C)C#N)ccn23)cc(OC(F)F)c1C(=O)N[C@H]1CCCC[C@@H]1N. The van der Waals surface area contributed by atoms with E-state index in [1.54, 1.807) is 28.9 Å². The molecule has 1 aromatic carbocycles. The van der Waals surface area contributed by atoms with Gasteiger partial charge in [0, 0.05) is 23.8 Å². The zero-order chi connectivity index (χ0) is 26.0. The summed E-state index contributed by atoms with van der Waals surface area (Å²) in [5.41, 5.74) is 7.75. The number of carbonyl (C=O) groups is 1. The minimum atomic E-state index is -3.15. The lowest BCUT2D eigenvalue weighted by Gasteiger charge is -2.29. The molecule has 0 unspecified atom stereocenters. The molecule has 0 saturated heterocycles. The summed E-state index contributed by atoms with van der Waals surface area (Å²) < 4.78 is 38.8. The Morgan fingerprint density at radius 3 is 2.67 bits per heavy atom. The monoisotopic (exact) mass is 497 g/mol. The van der Waals surface area contributed by atoms with Crippen molar-refractivity contribution < 1.29 is 23.0 Å². The summed E-state index contributed by atoms with van der Waals surface area (Å²) >= 11 is 0. The van der Waals surface area contributed by atoms with Crippen molar-refractivity contribution in [3.05, 3.63) is 47.8 Å². The second-order valence-corrected chi connectivity index (χ2v) is 9.48. The van der Waals surface area contributed by atoms with Crippen molar-refractivity contribution in [2.75, 3.05) is 7.11 Å². The third kappa shape index (κ3) is 4.97. The van der Waals surface area contributed by atoms with Gasteiger partial charge in [0.2, 0.25) is 0 Å². The normalized spacial score (nSPS) is 18.2. The Morgan fingerprint density at radius 1 is 1.28 bits per heavy atom. The number of nitrogens with zero attached hydrogens (tertiary/aromatic N) is 3. The first-order chi connectivity index (χ1) is 17.1. The number of amides is 1. The van der Waals surface area contributed by atoms with Gasteiger partial charge >= 0.3 is 6.61 Å². The van der Waals surface area contributed by atoms with E-state index in [0.29, 0.717) is 23.3 Å². The fraction of sp³-hybridized carbons (Fsp3) is 0.423. The van der Waals surface area contributed by atoms with Crippen LogP contribution in [-0.2, 0) is 5.41 Å². The van der Waals surface area contributed by atoms with Crippen molar-refractivity contribution in [1.29, 1.82) is 5.26 Å². The highest BCUT2D eigenvalue weighted by atomic mass is 19.3. The van der Waals surface area contributed by atoms with E-state index >= 15 is 0 Å². The molecule has 2 atom stereocenters. The van der Waals surface area contributed by atoms with Crippen LogP contribution in [0.25, 0.3) is 16.9 Å². The molecule has 1 fully saturated rings. The van der Waals surface area contributed by atoms with Gasteiger partial charge in [0.1, 0.15) is 22.7 Å². The van der Waals surface area contributed by atoms with Gasteiger partial charge in [-0.2, -0.15) is 14.0 Å². The third-order valence-electron chi connectivity index (χ3n) is 6.68. The number of rotatable bonds is 7. The van der Waals surface area contributed by atoms with Gasteiger partial charge in [0.05, 0.1) is 30.5 Å². The summed E-state index contributed by atoms with van der Waals surface area (Å²) in [5.74, 6) is -0.807. The number of hydrogen-bond donors (Lipinski definition) is 2. The summed E-state index contributed by atoms with van der Waals surface area (Å²) in [6.07, 6.45) is 6.75. The standard InChI is InChI=1S/C26H29F2N5O3/c1-26(2,14-29)16-8-9-33-19(13-31-22(33)12-16)15-10-20(35-3)23(21(11-15)36-25(27)28)24(34)32-18-7-5-4-6-17(18)30/h8-13,17-18,25H,4-7,30H2,1-3H3,(H,32,34)/t17-,18-/m0/s1. The molecule has 2 aromatic heterocycles. The van der Waals surface area contributed by atoms with E-state index in [1.807, 2.05) is 19.9 Å². The van der Waals surface area contributed by atoms with Crippen molar-refractivity contribution in [2.45, 2.75) is 63.6 Å². The van der Waals surface area contributed by atoms with Crippen LogP contribution in [0, 0.1) is 11.3 Å². The van der Waals surface area contributed by atoms with Crippen LogP contribution in [0.1, 0.15) is 55.5 Å². The first kappa shape index (κ1) is 25.4. The van der Waals surface area contributed by atoms with Gasteiger partial charge in [0.15, 0.2) is 0 Å². The van der Waals surface area contributed by atoms with Gasteiger partial charge in [0.25, 0.3) is 5.91 Å². The molecule has 0 aliphatic heterocycles. The average molecular weight is 498 g/mol. The first-order valence-corrected chi connectivity index (χ1v) is 11.8. The molecule has 2 heterocycles. The first-order valence-electron chi connectivity index (χ1n) is 11.8. The number of nitriles is 1. The number of pyridine rings is 1. The predicted octanol–water partition coefficient (Wildman–Crippen LogP) is 4.41. The van der Waals surface area contributed by atoms with Crippen LogP contribution < -0.4 is 20.5 Å². The molecule has 10 heteroatoms. The number of carbonyl (C=O) groups excluding carboxylic acids is 1. The number of imidazole rings is 1. The fourth-order valence-electron chi connectivity index (χ4n) is 4.54. The third-order valence-corrected chi connectivity index (χ3v) is 6.68. The molecule has 190 valence electrons. The van der Waals surface area contributed by atoms with E-state index < -0.39 is 17.9 Å². The largest absolute Gasteiger partial charge is 0.496 e. The van der Waals surface area contributed by atoms with Crippen molar-refractivity contribution in [1.82, 2.24) is 14.7 Å². The molecule has 3 aromatic rings. The lowest BCUT2D eigenvalue weighted by atomic mass is 9.87. The minimum absolute atomic E-state index is 0.0854. The molecule has 4 rings (SSSR count). The molecule has 3 N–H and O–H groups in total. The van der Waals surface area contributed by atoms with Gasteiger partial charge in [-0.25, -0.2) is 4.98 Å². The summed E-state index contributed by atoms with van der Waals surface area (Å²) in [6, 6.07) is 8.37.